The van der Waals surface area contributed by atoms with Crippen molar-refractivity contribution in [3.05, 3.63) is 45.2 Å². The molecule has 0 N–H and O–H groups in total. The second-order valence-corrected chi connectivity index (χ2v) is 8.14. The van der Waals surface area contributed by atoms with Gasteiger partial charge in [-0.25, -0.2) is 4.68 Å². The van der Waals surface area contributed by atoms with Gasteiger partial charge in [-0.15, -0.1) is 0 Å². The maximum Gasteiger partial charge on any atom is 0.310 e. The molecule has 30 heavy (non-hydrogen) atoms. The van der Waals surface area contributed by atoms with Crippen molar-refractivity contribution < 1.29 is 14.3 Å². The second kappa shape index (κ2) is 9.84. The molecule has 0 spiro atoms. The topological polar surface area (TPSA) is 64.4 Å². The largest absolute Gasteiger partial charge is 0.466 e. The summed E-state index contributed by atoms with van der Waals surface area (Å²) < 4.78 is 6.95. The van der Waals surface area contributed by atoms with Crippen LogP contribution in [0.2, 0.25) is 10.0 Å². The molecule has 1 atom stereocenters. The van der Waals surface area contributed by atoms with Gasteiger partial charge < -0.3 is 9.64 Å². The van der Waals surface area contributed by atoms with Crippen molar-refractivity contribution in [3.8, 4) is 5.69 Å². The Balaban J connectivity index is 1.96. The quantitative estimate of drug-likeness (QED) is 0.595. The monoisotopic (exact) mass is 451 g/mol. The zero-order valence-corrected chi connectivity index (χ0v) is 19.1. The van der Waals surface area contributed by atoms with E-state index in [1.54, 1.807) is 28.6 Å². The number of carbonyl (C=O) groups excluding carboxylic acids is 2. The van der Waals surface area contributed by atoms with Crippen molar-refractivity contribution >= 4 is 35.1 Å². The molecule has 1 aliphatic rings. The van der Waals surface area contributed by atoms with Gasteiger partial charge in [-0.3, -0.25) is 9.59 Å². The number of amides is 1. The smallest absolute Gasteiger partial charge is 0.310 e. The minimum absolute atomic E-state index is 0.0796. The van der Waals surface area contributed by atoms with Gasteiger partial charge in [0.05, 0.1) is 45.2 Å². The summed E-state index contributed by atoms with van der Waals surface area (Å²) in [7, 11) is 0. The van der Waals surface area contributed by atoms with E-state index in [1.807, 2.05) is 19.9 Å². The molecule has 2 aromatic rings. The summed E-state index contributed by atoms with van der Waals surface area (Å²) in [4.78, 5) is 27.5. The van der Waals surface area contributed by atoms with Gasteiger partial charge in [-0.05, 0) is 50.8 Å². The number of nitrogens with zero attached hydrogens (tertiary/aromatic N) is 3. The van der Waals surface area contributed by atoms with Crippen molar-refractivity contribution in [1.82, 2.24) is 14.7 Å². The summed E-state index contributed by atoms with van der Waals surface area (Å²) in [5.74, 6) is -0.583. The highest BCUT2D eigenvalue weighted by atomic mass is 35.5. The number of halogens is 2. The van der Waals surface area contributed by atoms with Gasteiger partial charge in [0.15, 0.2) is 0 Å². The average Bonchev–Trinajstić information content (AvgIpc) is 3.14. The first-order chi connectivity index (χ1) is 14.4. The fraction of sp³-hybridized carbons (Fsp3) is 0.500. The number of aromatic nitrogens is 2. The van der Waals surface area contributed by atoms with Gasteiger partial charge in [0, 0.05) is 13.1 Å². The van der Waals surface area contributed by atoms with Gasteiger partial charge >= 0.3 is 5.97 Å². The van der Waals surface area contributed by atoms with Crippen LogP contribution in [0.15, 0.2) is 18.2 Å². The van der Waals surface area contributed by atoms with E-state index in [9.17, 15) is 9.59 Å². The van der Waals surface area contributed by atoms with Crippen molar-refractivity contribution in [2.24, 2.45) is 5.92 Å². The zero-order chi connectivity index (χ0) is 21.8. The molecule has 0 aliphatic carbocycles. The van der Waals surface area contributed by atoms with Gasteiger partial charge in [0.25, 0.3) is 5.91 Å². The molecule has 1 fully saturated rings. The van der Waals surface area contributed by atoms with Crippen LogP contribution in [0.5, 0.6) is 0 Å². The molecule has 0 unspecified atom stereocenters. The summed E-state index contributed by atoms with van der Waals surface area (Å²) in [6, 6.07) is 5.31. The predicted molar refractivity (Wildman–Crippen MR) is 118 cm³/mol. The minimum atomic E-state index is -0.275. The normalized spacial score (nSPS) is 16.6. The molecule has 2 heterocycles. The highest BCUT2D eigenvalue weighted by molar-refractivity contribution is 6.42. The van der Waals surface area contributed by atoms with E-state index in [1.165, 1.54) is 0 Å². The van der Waals surface area contributed by atoms with E-state index in [-0.39, 0.29) is 17.8 Å². The number of hydrogen-bond acceptors (Lipinski definition) is 4. The number of aryl methyl sites for hydroxylation is 1. The first-order valence-electron chi connectivity index (χ1n) is 10.4. The highest BCUT2D eigenvalue weighted by Gasteiger charge is 2.33. The lowest BCUT2D eigenvalue weighted by atomic mass is 9.97. The molecule has 162 valence electrons. The van der Waals surface area contributed by atoms with Crippen LogP contribution in [0.3, 0.4) is 0 Å². The maximum absolute atomic E-state index is 13.5. The van der Waals surface area contributed by atoms with Crippen LogP contribution < -0.4 is 0 Å². The van der Waals surface area contributed by atoms with E-state index in [0.717, 1.165) is 29.9 Å². The lowest BCUT2D eigenvalue weighted by Gasteiger charge is -2.31. The van der Waals surface area contributed by atoms with Crippen molar-refractivity contribution in [2.75, 3.05) is 19.7 Å². The number of piperidine rings is 1. The van der Waals surface area contributed by atoms with E-state index in [2.05, 4.69) is 0 Å². The molecule has 0 bridgehead atoms. The van der Waals surface area contributed by atoms with Gasteiger partial charge in [0.1, 0.15) is 0 Å². The number of likely N-dealkylation sites (tertiary alicyclic amines) is 1. The third-order valence-corrected chi connectivity index (χ3v) is 6.15. The molecule has 1 aromatic heterocycles. The summed E-state index contributed by atoms with van der Waals surface area (Å²) in [6.07, 6.45) is 2.77. The Morgan fingerprint density at radius 1 is 1.17 bits per heavy atom. The third-order valence-electron chi connectivity index (χ3n) is 5.41. The van der Waals surface area contributed by atoms with Crippen molar-refractivity contribution in [1.29, 1.82) is 0 Å². The summed E-state index contributed by atoms with van der Waals surface area (Å²) in [5.41, 5.74) is 2.95. The van der Waals surface area contributed by atoms with Gasteiger partial charge in [0.2, 0.25) is 0 Å². The Morgan fingerprint density at radius 2 is 1.93 bits per heavy atom. The zero-order valence-electron chi connectivity index (χ0n) is 17.6. The van der Waals surface area contributed by atoms with Crippen LogP contribution in [-0.4, -0.2) is 46.3 Å². The molecular weight excluding hydrogens is 425 g/mol. The lowest BCUT2D eigenvalue weighted by molar-refractivity contribution is -0.149. The summed E-state index contributed by atoms with van der Waals surface area (Å²) >= 11 is 12.3. The van der Waals surface area contributed by atoms with Crippen molar-refractivity contribution in [3.63, 3.8) is 0 Å². The number of rotatable bonds is 6. The van der Waals surface area contributed by atoms with Crippen molar-refractivity contribution in [2.45, 2.75) is 46.5 Å². The molecule has 1 aromatic carbocycles. The molecule has 3 rings (SSSR count). The Hall–Kier alpha value is -2.05. The number of carbonyl (C=O) groups is 2. The molecule has 1 aliphatic heterocycles. The number of esters is 1. The molecule has 0 saturated carbocycles. The van der Waals surface area contributed by atoms with E-state index >= 15 is 0 Å². The summed E-state index contributed by atoms with van der Waals surface area (Å²) in [5, 5.41) is 5.62. The average molecular weight is 452 g/mol. The van der Waals surface area contributed by atoms with Crippen LogP contribution in [0.4, 0.5) is 0 Å². The van der Waals surface area contributed by atoms with Crippen LogP contribution in [-0.2, 0) is 22.4 Å². The standard InChI is InChI=1S/C22H27Cl2N3O3/c1-4-18-20(21(28)26-11-7-8-14(13-26)22(29)30-6-3)19(5-2)27(25-18)15-9-10-16(23)17(24)12-15/h9-10,12,14H,4-8,11,13H2,1-3H3/t14-/m1/s1. The summed E-state index contributed by atoms with van der Waals surface area (Å²) in [6.45, 7) is 7.12. The minimum Gasteiger partial charge on any atom is -0.466 e. The van der Waals surface area contributed by atoms with Gasteiger partial charge in [-0.1, -0.05) is 37.0 Å². The molecular formula is C22H27Cl2N3O3. The Kier molecular flexibility index (Phi) is 7.42. The molecule has 0 radical (unpaired) electrons. The van der Waals surface area contributed by atoms with E-state index in [0.29, 0.717) is 48.1 Å². The third kappa shape index (κ3) is 4.49. The van der Waals surface area contributed by atoms with Crippen LogP contribution in [0.1, 0.15) is 55.4 Å². The van der Waals surface area contributed by atoms with Gasteiger partial charge in [-0.2, -0.15) is 5.10 Å². The Bertz CT molecular complexity index is 942. The molecule has 1 amide bonds. The predicted octanol–water partition coefficient (Wildman–Crippen LogP) is 4.72. The fourth-order valence-corrected chi connectivity index (χ4v) is 4.22. The molecule has 8 heteroatoms. The molecule has 6 nitrogen and oxygen atoms in total. The highest BCUT2D eigenvalue weighted by Crippen LogP contribution is 2.28. The van der Waals surface area contributed by atoms with Crippen LogP contribution >= 0.6 is 23.2 Å². The Morgan fingerprint density at radius 3 is 2.57 bits per heavy atom. The maximum atomic E-state index is 13.5. The lowest BCUT2D eigenvalue weighted by Crippen LogP contribution is -2.43. The van der Waals surface area contributed by atoms with E-state index in [4.69, 9.17) is 33.0 Å². The Labute approximate surface area is 187 Å². The second-order valence-electron chi connectivity index (χ2n) is 7.33. The van der Waals surface area contributed by atoms with E-state index < -0.39 is 0 Å². The molecule has 1 saturated heterocycles. The number of hydrogen-bond donors (Lipinski definition) is 0. The number of ether oxygens (including phenoxy) is 1. The first-order valence-corrected chi connectivity index (χ1v) is 11.2. The van der Waals surface area contributed by atoms with Crippen LogP contribution in [0, 0.1) is 5.92 Å². The number of benzene rings is 1. The van der Waals surface area contributed by atoms with Crippen LogP contribution in [0.25, 0.3) is 5.69 Å². The SMILES string of the molecule is CCOC(=O)[C@@H]1CCCN(C(=O)c2c(CC)nn(-c3ccc(Cl)c(Cl)c3)c2CC)C1. The first kappa shape index (κ1) is 22.6. The fourth-order valence-electron chi connectivity index (χ4n) is 3.93.